The molecule has 2 saturated heterocycles. The van der Waals surface area contributed by atoms with Crippen molar-refractivity contribution < 1.29 is 9.47 Å². The smallest absolute Gasteiger partial charge is 0.0636 e. The Balaban J connectivity index is 1.78. The Bertz CT molecular complexity index is 207. The molecule has 2 aliphatic rings. The zero-order valence-electron chi connectivity index (χ0n) is 10.2. The molecule has 3 unspecified atom stereocenters. The molecule has 4 heteroatoms. The van der Waals surface area contributed by atoms with E-state index in [1.165, 1.54) is 12.8 Å². The van der Waals surface area contributed by atoms with Crippen molar-refractivity contribution in [2.24, 2.45) is 11.7 Å². The fourth-order valence-electron chi connectivity index (χ4n) is 2.69. The molecule has 94 valence electrons. The number of nitrogens with two attached hydrogens (primary N) is 1. The molecule has 0 spiro atoms. The van der Waals surface area contributed by atoms with E-state index in [0.29, 0.717) is 12.0 Å². The van der Waals surface area contributed by atoms with Crippen LogP contribution >= 0.6 is 0 Å². The van der Waals surface area contributed by atoms with Crippen LogP contribution in [0.3, 0.4) is 0 Å². The highest BCUT2D eigenvalue weighted by Crippen LogP contribution is 2.18. The third-order valence-electron chi connectivity index (χ3n) is 3.75. The zero-order valence-corrected chi connectivity index (χ0v) is 10.2. The van der Waals surface area contributed by atoms with Gasteiger partial charge in [0.15, 0.2) is 0 Å². The lowest BCUT2D eigenvalue weighted by Crippen LogP contribution is -2.53. The minimum absolute atomic E-state index is 0.267. The van der Waals surface area contributed by atoms with Gasteiger partial charge in [0.2, 0.25) is 0 Å². The topological polar surface area (TPSA) is 47.7 Å². The van der Waals surface area contributed by atoms with Gasteiger partial charge >= 0.3 is 0 Å². The minimum atomic E-state index is 0.267. The van der Waals surface area contributed by atoms with E-state index in [9.17, 15) is 0 Å². The maximum atomic E-state index is 6.13. The summed E-state index contributed by atoms with van der Waals surface area (Å²) in [6.07, 6.45) is 3.47. The molecule has 2 rings (SSSR count). The van der Waals surface area contributed by atoms with E-state index in [1.807, 2.05) is 0 Å². The predicted octanol–water partition coefficient (Wildman–Crippen LogP) is 0.461. The van der Waals surface area contributed by atoms with Crippen LogP contribution in [-0.4, -0.2) is 57.0 Å². The molecule has 0 amide bonds. The maximum absolute atomic E-state index is 6.13. The van der Waals surface area contributed by atoms with Gasteiger partial charge in [-0.25, -0.2) is 0 Å². The Labute approximate surface area is 98.1 Å². The lowest BCUT2D eigenvalue weighted by atomic mass is 9.98. The Morgan fingerprint density at radius 1 is 1.19 bits per heavy atom. The van der Waals surface area contributed by atoms with E-state index in [2.05, 4.69) is 11.9 Å². The van der Waals surface area contributed by atoms with Gasteiger partial charge < -0.3 is 15.2 Å². The predicted molar refractivity (Wildman–Crippen MR) is 63.4 cm³/mol. The number of ether oxygens (including phenoxy) is 2. The van der Waals surface area contributed by atoms with Crippen LogP contribution in [0.5, 0.6) is 0 Å². The number of nitrogens with zero attached hydrogens (tertiary/aromatic N) is 1. The lowest BCUT2D eigenvalue weighted by molar-refractivity contribution is -0.00726. The molecule has 0 radical (unpaired) electrons. The van der Waals surface area contributed by atoms with Crippen molar-refractivity contribution in [1.29, 1.82) is 0 Å². The largest absolute Gasteiger partial charge is 0.381 e. The van der Waals surface area contributed by atoms with Crippen molar-refractivity contribution in [3.8, 4) is 0 Å². The Morgan fingerprint density at radius 2 is 2.00 bits per heavy atom. The van der Waals surface area contributed by atoms with Crippen molar-refractivity contribution in [3.05, 3.63) is 0 Å². The first kappa shape index (κ1) is 12.3. The second kappa shape index (κ2) is 5.96. The third kappa shape index (κ3) is 3.17. The second-order valence-corrected chi connectivity index (χ2v) is 5.12. The number of hydrogen-bond donors (Lipinski definition) is 1. The molecule has 16 heavy (non-hydrogen) atoms. The van der Waals surface area contributed by atoms with Gasteiger partial charge in [0, 0.05) is 31.8 Å². The van der Waals surface area contributed by atoms with Crippen LogP contribution in [0.25, 0.3) is 0 Å². The van der Waals surface area contributed by atoms with Crippen LogP contribution < -0.4 is 5.73 Å². The summed E-state index contributed by atoms with van der Waals surface area (Å²) in [7, 11) is 2.16. The Kier molecular flexibility index (Phi) is 4.58. The number of rotatable bonds is 3. The van der Waals surface area contributed by atoms with Crippen LogP contribution in [0.2, 0.25) is 0 Å². The summed E-state index contributed by atoms with van der Waals surface area (Å²) in [6, 6.07) is 0.652. The van der Waals surface area contributed by atoms with Crippen LogP contribution in [0, 0.1) is 5.92 Å². The van der Waals surface area contributed by atoms with E-state index in [-0.39, 0.29) is 6.04 Å². The van der Waals surface area contributed by atoms with Crippen molar-refractivity contribution in [2.45, 2.75) is 31.3 Å². The molecule has 4 nitrogen and oxygen atoms in total. The molecule has 2 heterocycles. The molecule has 0 aromatic carbocycles. The Morgan fingerprint density at radius 3 is 2.69 bits per heavy atom. The maximum Gasteiger partial charge on any atom is 0.0636 e. The fourth-order valence-corrected chi connectivity index (χ4v) is 2.69. The SMILES string of the molecule is CN(CC1CCCOC1)C1COCCC1N. The molecule has 3 atom stereocenters. The molecule has 0 aromatic rings. The number of hydrogen-bond acceptors (Lipinski definition) is 4. The standard InChI is InChI=1S/C12H24N2O2/c1-14(7-10-3-2-5-15-8-10)12-9-16-6-4-11(12)13/h10-12H,2-9,13H2,1H3. The van der Waals surface area contributed by atoms with Gasteiger partial charge in [-0.05, 0) is 32.2 Å². The van der Waals surface area contributed by atoms with Crippen molar-refractivity contribution in [2.75, 3.05) is 40.0 Å². The first-order valence-corrected chi connectivity index (χ1v) is 6.38. The average Bonchev–Trinajstić information content (AvgIpc) is 2.31. The second-order valence-electron chi connectivity index (χ2n) is 5.12. The van der Waals surface area contributed by atoms with Gasteiger partial charge in [0.1, 0.15) is 0 Å². The first-order valence-electron chi connectivity index (χ1n) is 6.38. The highest BCUT2D eigenvalue weighted by Gasteiger charge is 2.28. The minimum Gasteiger partial charge on any atom is -0.381 e. The highest BCUT2D eigenvalue weighted by atomic mass is 16.5. The molecule has 0 aliphatic carbocycles. The van der Waals surface area contributed by atoms with Crippen LogP contribution in [0.1, 0.15) is 19.3 Å². The van der Waals surface area contributed by atoms with E-state index >= 15 is 0 Å². The Hall–Kier alpha value is -0.160. The fraction of sp³-hybridized carbons (Fsp3) is 1.00. The quantitative estimate of drug-likeness (QED) is 0.762. The zero-order chi connectivity index (χ0) is 11.4. The van der Waals surface area contributed by atoms with Crippen molar-refractivity contribution in [3.63, 3.8) is 0 Å². The molecule has 0 aromatic heterocycles. The summed E-state index contributed by atoms with van der Waals surface area (Å²) in [5, 5.41) is 0. The summed E-state index contributed by atoms with van der Waals surface area (Å²) < 4.78 is 11.0. The summed E-state index contributed by atoms with van der Waals surface area (Å²) in [6.45, 7) is 4.53. The molecule has 0 saturated carbocycles. The van der Waals surface area contributed by atoms with Crippen molar-refractivity contribution >= 4 is 0 Å². The van der Waals surface area contributed by atoms with Gasteiger partial charge in [-0.1, -0.05) is 0 Å². The van der Waals surface area contributed by atoms with E-state index in [1.54, 1.807) is 0 Å². The van der Waals surface area contributed by atoms with Gasteiger partial charge in [-0.2, -0.15) is 0 Å². The van der Waals surface area contributed by atoms with Crippen LogP contribution in [0.4, 0.5) is 0 Å². The van der Waals surface area contributed by atoms with Gasteiger partial charge in [-0.15, -0.1) is 0 Å². The molecular formula is C12H24N2O2. The van der Waals surface area contributed by atoms with Gasteiger partial charge in [0.25, 0.3) is 0 Å². The summed E-state index contributed by atoms with van der Waals surface area (Å²) >= 11 is 0. The normalized spacial score (nSPS) is 36.6. The molecule has 2 aliphatic heterocycles. The molecule has 2 N–H and O–H groups in total. The molecule has 0 bridgehead atoms. The molecular weight excluding hydrogens is 204 g/mol. The third-order valence-corrected chi connectivity index (χ3v) is 3.75. The first-order chi connectivity index (χ1) is 7.77. The lowest BCUT2D eigenvalue weighted by Gasteiger charge is -2.38. The van der Waals surface area contributed by atoms with E-state index in [0.717, 1.165) is 39.4 Å². The summed E-state index contributed by atoms with van der Waals surface area (Å²) in [4.78, 5) is 2.36. The van der Waals surface area contributed by atoms with Crippen LogP contribution in [0.15, 0.2) is 0 Å². The van der Waals surface area contributed by atoms with Gasteiger partial charge in [0.05, 0.1) is 13.2 Å². The highest BCUT2D eigenvalue weighted by molar-refractivity contribution is 4.84. The summed E-state index contributed by atoms with van der Waals surface area (Å²) in [5.74, 6) is 0.674. The van der Waals surface area contributed by atoms with E-state index < -0.39 is 0 Å². The summed E-state index contributed by atoms with van der Waals surface area (Å²) in [5.41, 5.74) is 6.13. The monoisotopic (exact) mass is 228 g/mol. The van der Waals surface area contributed by atoms with Gasteiger partial charge in [-0.3, -0.25) is 4.90 Å². The van der Waals surface area contributed by atoms with Crippen molar-refractivity contribution in [1.82, 2.24) is 4.90 Å². The van der Waals surface area contributed by atoms with E-state index in [4.69, 9.17) is 15.2 Å². The van der Waals surface area contributed by atoms with Crippen LogP contribution in [-0.2, 0) is 9.47 Å². The molecule has 2 fully saturated rings. The number of likely N-dealkylation sites (N-methyl/N-ethyl adjacent to an activating group) is 1. The average molecular weight is 228 g/mol.